The van der Waals surface area contributed by atoms with Crippen molar-refractivity contribution < 1.29 is 15.0 Å². The van der Waals surface area contributed by atoms with E-state index >= 15 is 0 Å². The molecular weight excluding hydrogens is 127 g/mol. The molecule has 0 amide bonds. The van der Waals surface area contributed by atoms with Gasteiger partial charge in [-0.1, -0.05) is 25.8 Å². The summed E-state index contributed by atoms with van der Waals surface area (Å²) in [6.07, 6.45) is 0. The highest BCUT2D eigenvalue weighted by Gasteiger charge is 2.10. The van der Waals surface area contributed by atoms with Crippen LogP contribution in [0, 0.1) is 0 Å². The van der Waals surface area contributed by atoms with Gasteiger partial charge >= 0.3 is 0 Å². The minimum Gasteiger partial charge on any atom is -0.221 e. The van der Waals surface area contributed by atoms with Gasteiger partial charge < -0.3 is 0 Å². The van der Waals surface area contributed by atoms with Crippen LogP contribution in [0.25, 0.3) is 0 Å². The molecule has 0 heterocycles. The Morgan fingerprint density at radius 3 is 2.00 bits per heavy atom. The summed E-state index contributed by atoms with van der Waals surface area (Å²) in [5.74, 6) is 0. The lowest BCUT2D eigenvalue weighted by Gasteiger charge is -2.13. The first-order valence-corrected chi connectivity index (χ1v) is 3.21. The Morgan fingerprint density at radius 1 is 1.38 bits per heavy atom. The summed E-state index contributed by atoms with van der Waals surface area (Å²) in [6, 6.07) is 0. The van der Waals surface area contributed by atoms with Gasteiger partial charge in [0.25, 0.3) is 0 Å². The van der Waals surface area contributed by atoms with Crippen molar-refractivity contribution in [2.45, 2.75) is 25.9 Å². The molecule has 3 nitrogen and oxygen atoms in total. The minimum absolute atomic E-state index is 0.0722. The van der Waals surface area contributed by atoms with Gasteiger partial charge in [-0.05, 0) is 0 Å². The van der Waals surface area contributed by atoms with E-state index in [9.17, 15) is 0 Å². The Hall–Kier alpha value is 0.310. The van der Waals surface area contributed by atoms with Gasteiger partial charge in [0.1, 0.15) is 0 Å². The Balaban J connectivity index is 3.11. The lowest BCUT2D eigenvalue weighted by molar-refractivity contribution is -0.435. The van der Waals surface area contributed by atoms with Crippen molar-refractivity contribution in [3.05, 3.63) is 0 Å². The highest BCUT2D eigenvalue weighted by atomic mass is 31.1. The maximum Gasteiger partial charge on any atom is 0.0655 e. The zero-order chi connectivity index (χ0) is 6.62. The van der Waals surface area contributed by atoms with Crippen LogP contribution in [0.3, 0.4) is 0 Å². The second-order valence-corrected chi connectivity index (χ2v) is 4.38. The van der Waals surface area contributed by atoms with Crippen LogP contribution in [0.4, 0.5) is 0 Å². The second-order valence-electron chi connectivity index (χ2n) is 2.51. The van der Waals surface area contributed by atoms with Gasteiger partial charge in [0.05, 0.1) is 8.81 Å². The lowest BCUT2D eigenvalue weighted by Crippen LogP contribution is -2.05. The fourth-order valence-corrected chi connectivity index (χ4v) is 0.431. The topological polar surface area (TPSA) is 38.7 Å². The molecule has 1 N–H and O–H groups in total. The van der Waals surface area contributed by atoms with Crippen LogP contribution in [-0.4, -0.2) is 10.4 Å². The van der Waals surface area contributed by atoms with Crippen molar-refractivity contribution in [2.24, 2.45) is 0 Å². The fraction of sp³-hybridized carbons (Fsp3) is 1.00. The first-order chi connectivity index (χ1) is 3.56. The van der Waals surface area contributed by atoms with Crippen LogP contribution < -0.4 is 0 Å². The highest BCUT2D eigenvalue weighted by Crippen LogP contribution is 2.30. The van der Waals surface area contributed by atoms with Crippen molar-refractivity contribution in [3.8, 4) is 0 Å². The molecule has 0 aliphatic heterocycles. The summed E-state index contributed by atoms with van der Waals surface area (Å²) in [7, 11) is 0.169. The summed E-state index contributed by atoms with van der Waals surface area (Å²) in [5, 5.41) is 11.2. The van der Waals surface area contributed by atoms with E-state index in [0.29, 0.717) is 0 Å². The molecule has 0 aromatic heterocycles. The summed E-state index contributed by atoms with van der Waals surface area (Å²) in [6.45, 7) is 5.97. The quantitative estimate of drug-likeness (QED) is 0.359. The largest absolute Gasteiger partial charge is 0.221 e. The SMILES string of the molecule is CC(C)(C)POOO. The zero-order valence-electron chi connectivity index (χ0n) is 5.26. The van der Waals surface area contributed by atoms with Crippen molar-refractivity contribution in [1.29, 1.82) is 0 Å². The summed E-state index contributed by atoms with van der Waals surface area (Å²) in [4.78, 5) is 0. The molecule has 1 atom stereocenters. The number of hydrogen-bond donors (Lipinski definition) is 1. The van der Waals surface area contributed by atoms with Crippen LogP contribution >= 0.6 is 8.81 Å². The van der Waals surface area contributed by atoms with E-state index < -0.39 is 0 Å². The van der Waals surface area contributed by atoms with Gasteiger partial charge in [0.2, 0.25) is 0 Å². The number of hydrogen-bond acceptors (Lipinski definition) is 3. The summed E-state index contributed by atoms with van der Waals surface area (Å²) < 4.78 is 4.28. The Kier molecular flexibility index (Phi) is 3.49. The predicted octanol–water partition coefficient (Wildman–Crippen LogP) is 1.80. The van der Waals surface area contributed by atoms with E-state index in [1.54, 1.807) is 0 Å². The van der Waals surface area contributed by atoms with E-state index in [1.807, 2.05) is 20.8 Å². The summed E-state index contributed by atoms with van der Waals surface area (Å²) in [5.41, 5.74) is 0. The molecule has 0 saturated heterocycles. The zero-order valence-corrected chi connectivity index (χ0v) is 6.26. The molecule has 8 heavy (non-hydrogen) atoms. The van der Waals surface area contributed by atoms with E-state index in [2.05, 4.69) is 9.71 Å². The van der Waals surface area contributed by atoms with Gasteiger partial charge in [-0.15, -0.1) is 0 Å². The van der Waals surface area contributed by atoms with E-state index in [-0.39, 0.29) is 14.0 Å². The molecule has 1 unspecified atom stereocenters. The van der Waals surface area contributed by atoms with Crippen molar-refractivity contribution in [3.63, 3.8) is 0 Å². The second kappa shape index (κ2) is 3.36. The normalized spacial score (nSPS) is 13.5. The molecule has 0 radical (unpaired) electrons. The van der Waals surface area contributed by atoms with Gasteiger partial charge in [0, 0.05) is 5.16 Å². The van der Waals surface area contributed by atoms with E-state index in [1.165, 1.54) is 0 Å². The lowest BCUT2D eigenvalue weighted by atomic mass is 10.3. The molecule has 0 aromatic carbocycles. The van der Waals surface area contributed by atoms with Gasteiger partial charge in [-0.25, -0.2) is 5.26 Å². The van der Waals surface area contributed by atoms with Crippen molar-refractivity contribution in [1.82, 2.24) is 0 Å². The Bertz CT molecular complexity index is 58.8. The molecule has 0 bridgehead atoms. The third-order valence-electron chi connectivity index (χ3n) is 0.385. The maximum atomic E-state index is 7.71. The monoisotopic (exact) mass is 138 g/mol. The van der Waals surface area contributed by atoms with Gasteiger partial charge in [-0.3, -0.25) is 0 Å². The third-order valence-corrected chi connectivity index (χ3v) is 1.16. The van der Waals surface area contributed by atoms with Crippen molar-refractivity contribution >= 4 is 8.81 Å². The average Bonchev–Trinajstić information content (AvgIpc) is 1.59. The van der Waals surface area contributed by atoms with Crippen LogP contribution in [0.1, 0.15) is 20.8 Å². The van der Waals surface area contributed by atoms with Crippen LogP contribution in [0.15, 0.2) is 0 Å². The average molecular weight is 138 g/mol. The van der Waals surface area contributed by atoms with Crippen LogP contribution in [-0.2, 0) is 9.71 Å². The standard InChI is InChI=1S/C4H11O3P/c1-4(2,3)8-7-6-5/h5,8H,1-3H3. The fourth-order valence-electron chi connectivity index (χ4n) is 0.144. The molecule has 0 saturated carbocycles. The van der Waals surface area contributed by atoms with Crippen LogP contribution in [0.5, 0.6) is 0 Å². The molecule has 0 rings (SSSR count). The van der Waals surface area contributed by atoms with Gasteiger partial charge in [-0.2, -0.15) is 4.67 Å². The first kappa shape index (κ1) is 8.31. The molecular formula is C4H11O3P. The minimum atomic E-state index is 0.0722. The highest BCUT2D eigenvalue weighted by molar-refractivity contribution is 7.34. The Morgan fingerprint density at radius 2 is 1.88 bits per heavy atom. The number of rotatable bonds is 2. The Labute approximate surface area is 50.7 Å². The molecule has 0 spiro atoms. The summed E-state index contributed by atoms with van der Waals surface area (Å²) >= 11 is 0. The first-order valence-electron chi connectivity index (χ1n) is 2.30. The maximum absolute atomic E-state index is 7.71. The van der Waals surface area contributed by atoms with E-state index in [0.717, 1.165) is 0 Å². The predicted molar refractivity (Wildman–Crippen MR) is 32.9 cm³/mol. The third kappa shape index (κ3) is 6.31. The molecule has 0 fully saturated rings. The molecule has 0 aliphatic carbocycles. The molecule has 0 aromatic rings. The van der Waals surface area contributed by atoms with E-state index in [4.69, 9.17) is 5.26 Å². The van der Waals surface area contributed by atoms with Crippen LogP contribution in [0.2, 0.25) is 0 Å². The smallest absolute Gasteiger partial charge is 0.0655 e. The van der Waals surface area contributed by atoms with Crippen molar-refractivity contribution in [2.75, 3.05) is 0 Å². The molecule has 50 valence electrons. The molecule has 0 aliphatic rings. The van der Waals surface area contributed by atoms with Gasteiger partial charge in [0.15, 0.2) is 0 Å². The molecule has 4 heteroatoms.